The van der Waals surface area contributed by atoms with Crippen molar-refractivity contribution in [2.45, 2.75) is 38.6 Å². The fourth-order valence-corrected chi connectivity index (χ4v) is 3.13. The second-order valence-corrected chi connectivity index (χ2v) is 6.11. The van der Waals surface area contributed by atoms with Gasteiger partial charge in [0.15, 0.2) is 0 Å². The Morgan fingerprint density at radius 1 is 0.870 bits per heavy atom. The summed E-state index contributed by atoms with van der Waals surface area (Å²) in [6.07, 6.45) is 11.0. The summed E-state index contributed by atoms with van der Waals surface area (Å²) in [7, 11) is 0. The lowest BCUT2D eigenvalue weighted by Crippen LogP contribution is -2.13. The molecule has 0 amide bonds. The summed E-state index contributed by atoms with van der Waals surface area (Å²) >= 11 is 0. The summed E-state index contributed by atoms with van der Waals surface area (Å²) in [4.78, 5) is 0. The molecule has 0 fully saturated rings. The summed E-state index contributed by atoms with van der Waals surface area (Å²) in [6, 6.07) is 17.5. The molecule has 1 nitrogen and oxygen atoms in total. The van der Waals surface area contributed by atoms with Crippen LogP contribution in [0.25, 0.3) is 6.08 Å². The standard InChI is InChI=1S/C21H25N.ClH/c1-3-8-18(9-4-1)10-7-15-22-17-19-13-14-20-11-5-2-6-12-21(20)16-19;/h1,3-4,7-10,13-14,16,22H,2,5-6,11-12,15,17H2;1H/b10-7+;. The lowest BCUT2D eigenvalue weighted by molar-refractivity contribution is 0.711. The zero-order chi connectivity index (χ0) is 15.0. The lowest BCUT2D eigenvalue weighted by Gasteiger charge is -2.09. The zero-order valence-corrected chi connectivity index (χ0v) is 14.4. The Morgan fingerprint density at radius 3 is 2.48 bits per heavy atom. The number of rotatable bonds is 5. The summed E-state index contributed by atoms with van der Waals surface area (Å²) < 4.78 is 0. The molecule has 2 aromatic rings. The molecule has 0 aromatic heterocycles. The minimum Gasteiger partial charge on any atom is -0.309 e. The highest BCUT2D eigenvalue weighted by molar-refractivity contribution is 5.85. The van der Waals surface area contributed by atoms with Gasteiger partial charge in [0.25, 0.3) is 0 Å². The predicted octanol–water partition coefficient (Wildman–Crippen LogP) is 5.18. The van der Waals surface area contributed by atoms with Crippen LogP contribution < -0.4 is 5.32 Å². The van der Waals surface area contributed by atoms with E-state index >= 15 is 0 Å². The van der Waals surface area contributed by atoms with Crippen molar-refractivity contribution < 1.29 is 0 Å². The number of aryl methyl sites for hydroxylation is 2. The number of nitrogens with one attached hydrogen (secondary N) is 1. The monoisotopic (exact) mass is 327 g/mol. The smallest absolute Gasteiger partial charge is 0.0208 e. The van der Waals surface area contributed by atoms with Gasteiger partial charge in [0.05, 0.1) is 0 Å². The first-order valence-electron chi connectivity index (χ1n) is 8.45. The number of hydrogen-bond donors (Lipinski definition) is 1. The van der Waals surface area contributed by atoms with Crippen molar-refractivity contribution in [3.63, 3.8) is 0 Å². The molecule has 0 unspecified atom stereocenters. The van der Waals surface area contributed by atoms with Crippen LogP contribution in [0.5, 0.6) is 0 Å². The molecule has 2 heteroatoms. The highest BCUT2D eigenvalue weighted by Crippen LogP contribution is 2.21. The first-order valence-corrected chi connectivity index (χ1v) is 8.45. The van der Waals surface area contributed by atoms with Crippen LogP contribution in [-0.2, 0) is 19.4 Å². The Bertz CT molecular complexity index is 619. The number of fused-ring (bicyclic) bond motifs is 1. The molecule has 1 N–H and O–H groups in total. The summed E-state index contributed by atoms with van der Waals surface area (Å²) in [6.45, 7) is 1.86. The van der Waals surface area contributed by atoms with Crippen LogP contribution in [0.3, 0.4) is 0 Å². The van der Waals surface area contributed by atoms with E-state index in [0.717, 1.165) is 13.1 Å². The second-order valence-electron chi connectivity index (χ2n) is 6.11. The molecule has 0 bridgehead atoms. The van der Waals surface area contributed by atoms with Crippen LogP contribution in [0.1, 0.15) is 41.5 Å². The van der Waals surface area contributed by atoms with Crippen molar-refractivity contribution in [3.8, 4) is 0 Å². The molecule has 0 heterocycles. The molecular formula is C21H26ClN. The highest BCUT2D eigenvalue weighted by Gasteiger charge is 2.07. The Balaban J connectivity index is 0.00000192. The van der Waals surface area contributed by atoms with Gasteiger partial charge in [0.1, 0.15) is 0 Å². The van der Waals surface area contributed by atoms with Gasteiger partial charge in [-0.25, -0.2) is 0 Å². The van der Waals surface area contributed by atoms with Crippen molar-refractivity contribution in [1.29, 1.82) is 0 Å². The normalized spacial score (nSPS) is 14.1. The summed E-state index contributed by atoms with van der Waals surface area (Å²) in [5, 5.41) is 3.51. The maximum atomic E-state index is 3.51. The number of hydrogen-bond acceptors (Lipinski definition) is 1. The van der Waals surface area contributed by atoms with Crippen LogP contribution in [0.2, 0.25) is 0 Å². The Hall–Kier alpha value is -1.57. The van der Waals surface area contributed by atoms with Crippen LogP contribution in [0.15, 0.2) is 54.6 Å². The Kier molecular flexibility index (Phi) is 7.38. The van der Waals surface area contributed by atoms with Gasteiger partial charge < -0.3 is 5.32 Å². The van der Waals surface area contributed by atoms with E-state index in [1.165, 1.54) is 43.2 Å². The molecule has 0 radical (unpaired) electrons. The summed E-state index contributed by atoms with van der Waals surface area (Å²) in [5.41, 5.74) is 5.82. The van der Waals surface area contributed by atoms with E-state index in [1.807, 2.05) is 6.07 Å². The molecule has 122 valence electrons. The fraction of sp³-hybridized carbons (Fsp3) is 0.333. The molecule has 0 atom stereocenters. The van der Waals surface area contributed by atoms with Gasteiger partial charge >= 0.3 is 0 Å². The molecule has 1 aliphatic carbocycles. The quantitative estimate of drug-likeness (QED) is 0.589. The van der Waals surface area contributed by atoms with Gasteiger partial charge in [-0.15, -0.1) is 12.4 Å². The maximum Gasteiger partial charge on any atom is 0.0208 e. The third-order valence-electron chi connectivity index (χ3n) is 4.36. The van der Waals surface area contributed by atoms with Crippen LogP contribution >= 0.6 is 12.4 Å². The van der Waals surface area contributed by atoms with E-state index in [2.05, 4.69) is 59.9 Å². The Morgan fingerprint density at radius 2 is 1.65 bits per heavy atom. The maximum absolute atomic E-state index is 3.51. The molecule has 3 rings (SSSR count). The molecule has 23 heavy (non-hydrogen) atoms. The van der Waals surface area contributed by atoms with Gasteiger partial charge in [-0.05, 0) is 47.9 Å². The topological polar surface area (TPSA) is 12.0 Å². The molecule has 2 aromatic carbocycles. The molecule has 0 saturated carbocycles. The zero-order valence-electron chi connectivity index (χ0n) is 13.6. The first kappa shape index (κ1) is 17.8. The Labute approximate surface area is 146 Å². The van der Waals surface area contributed by atoms with E-state index in [-0.39, 0.29) is 12.4 Å². The molecule has 1 aliphatic rings. The first-order chi connectivity index (χ1) is 10.9. The van der Waals surface area contributed by atoms with Crippen LogP contribution in [0, 0.1) is 0 Å². The minimum atomic E-state index is 0. The van der Waals surface area contributed by atoms with Crippen molar-refractivity contribution in [2.24, 2.45) is 0 Å². The number of benzene rings is 2. The van der Waals surface area contributed by atoms with Crippen molar-refractivity contribution >= 4 is 18.5 Å². The second kappa shape index (κ2) is 9.54. The van der Waals surface area contributed by atoms with E-state index in [4.69, 9.17) is 0 Å². The molecule has 0 spiro atoms. The van der Waals surface area contributed by atoms with Crippen LogP contribution in [0.4, 0.5) is 0 Å². The van der Waals surface area contributed by atoms with Gasteiger partial charge in [-0.1, -0.05) is 67.1 Å². The largest absolute Gasteiger partial charge is 0.309 e. The van der Waals surface area contributed by atoms with Crippen molar-refractivity contribution in [3.05, 3.63) is 76.9 Å². The van der Waals surface area contributed by atoms with Crippen LogP contribution in [-0.4, -0.2) is 6.54 Å². The molecular weight excluding hydrogens is 302 g/mol. The molecule has 0 saturated heterocycles. The van der Waals surface area contributed by atoms with Gasteiger partial charge in [-0.2, -0.15) is 0 Å². The van der Waals surface area contributed by atoms with Gasteiger partial charge in [0, 0.05) is 13.1 Å². The third kappa shape index (κ3) is 5.53. The van der Waals surface area contributed by atoms with E-state index in [0.29, 0.717) is 0 Å². The lowest BCUT2D eigenvalue weighted by atomic mass is 10.00. The fourth-order valence-electron chi connectivity index (χ4n) is 3.13. The highest BCUT2D eigenvalue weighted by atomic mass is 35.5. The number of halogens is 1. The van der Waals surface area contributed by atoms with E-state index in [1.54, 1.807) is 11.1 Å². The average molecular weight is 328 g/mol. The SMILES string of the molecule is C(=C\c1ccccc1)/CNCc1ccc2c(c1)CCCCC2.Cl. The summed E-state index contributed by atoms with van der Waals surface area (Å²) in [5.74, 6) is 0. The van der Waals surface area contributed by atoms with Crippen molar-refractivity contribution in [2.75, 3.05) is 6.54 Å². The van der Waals surface area contributed by atoms with Crippen molar-refractivity contribution in [1.82, 2.24) is 5.32 Å². The third-order valence-corrected chi connectivity index (χ3v) is 4.36. The predicted molar refractivity (Wildman–Crippen MR) is 102 cm³/mol. The van der Waals surface area contributed by atoms with E-state index in [9.17, 15) is 0 Å². The average Bonchev–Trinajstić information content (AvgIpc) is 2.80. The van der Waals surface area contributed by atoms with E-state index < -0.39 is 0 Å². The van der Waals surface area contributed by atoms with Gasteiger partial charge in [0.2, 0.25) is 0 Å². The minimum absolute atomic E-state index is 0. The van der Waals surface area contributed by atoms with Gasteiger partial charge in [-0.3, -0.25) is 0 Å². The molecule has 0 aliphatic heterocycles.